The van der Waals surface area contributed by atoms with Crippen LogP contribution in [0, 0.1) is 25.7 Å². The summed E-state index contributed by atoms with van der Waals surface area (Å²) in [5.41, 5.74) is -0.186. The number of rotatable bonds is 7. The van der Waals surface area contributed by atoms with E-state index in [0.29, 0.717) is 11.1 Å². The summed E-state index contributed by atoms with van der Waals surface area (Å²) in [7, 11) is 0. The van der Waals surface area contributed by atoms with Crippen molar-refractivity contribution >= 4 is 45.2 Å². The number of alkyl halides is 6. The highest BCUT2D eigenvalue weighted by Crippen LogP contribution is 2.53. The van der Waals surface area contributed by atoms with Crippen LogP contribution in [-0.4, -0.2) is 32.0 Å². The molecule has 0 unspecified atom stereocenters. The average Bonchev–Trinajstić information content (AvgIpc) is 3.13. The van der Waals surface area contributed by atoms with Gasteiger partial charge in [0.15, 0.2) is 11.5 Å². The highest BCUT2D eigenvalue weighted by molar-refractivity contribution is 6.35. The third-order valence-electron chi connectivity index (χ3n) is 10.1. The third kappa shape index (κ3) is 7.18. The molecule has 0 radical (unpaired) electrons. The van der Waals surface area contributed by atoms with Gasteiger partial charge in [0, 0.05) is 57.2 Å². The SMILES string of the molecule is Cc1cc2c(c(O)c1-c1c(C)cc3c(c1O)/C(=C\Nc1ccc(C(F)(F)F)cc1)C(=O)C(O)=C3C(C)C)/C(=C/Nc1ccc(C(F)(F)F)cc1)C(=O)C(O)=C2C(C)C. The number of carbonyl (C=O) groups is 2. The number of fused-ring (bicyclic) bond motifs is 2. The van der Waals surface area contributed by atoms with Crippen LogP contribution in [0.25, 0.3) is 33.4 Å². The number of ketones is 2. The van der Waals surface area contributed by atoms with Crippen molar-refractivity contribution in [2.75, 3.05) is 10.6 Å². The first-order chi connectivity index (χ1) is 27.0. The Morgan fingerprint density at radius 3 is 1.12 bits per heavy atom. The summed E-state index contributed by atoms with van der Waals surface area (Å²) in [5, 5.41) is 52.4. The number of aliphatic hydroxyl groups excluding tert-OH is 2. The number of hydrogen-bond donors (Lipinski definition) is 6. The number of benzene rings is 4. The van der Waals surface area contributed by atoms with E-state index in [1.807, 2.05) is 0 Å². The number of aliphatic hydroxyl groups is 2. The number of nitrogens with one attached hydrogen (secondary N) is 2. The largest absolute Gasteiger partial charge is 0.507 e. The summed E-state index contributed by atoms with van der Waals surface area (Å²) in [6.07, 6.45) is -6.85. The topological polar surface area (TPSA) is 139 Å². The van der Waals surface area contributed by atoms with E-state index in [9.17, 15) is 56.4 Å². The third-order valence-corrected chi connectivity index (χ3v) is 10.1. The molecule has 2 aliphatic carbocycles. The van der Waals surface area contributed by atoms with Gasteiger partial charge in [0.05, 0.1) is 22.3 Å². The first-order valence-electron chi connectivity index (χ1n) is 18.0. The number of hydrogen-bond acceptors (Lipinski definition) is 8. The Morgan fingerprint density at radius 1 is 0.534 bits per heavy atom. The van der Waals surface area contributed by atoms with Gasteiger partial charge in [-0.2, -0.15) is 26.3 Å². The second-order valence-corrected chi connectivity index (χ2v) is 14.7. The normalized spacial score (nSPS) is 16.2. The van der Waals surface area contributed by atoms with Crippen LogP contribution >= 0.6 is 0 Å². The Kier molecular flexibility index (Phi) is 10.5. The Morgan fingerprint density at radius 2 is 0.845 bits per heavy atom. The van der Waals surface area contributed by atoms with Gasteiger partial charge in [-0.05, 0) is 96.5 Å². The summed E-state index contributed by atoms with van der Waals surface area (Å²) < 4.78 is 79.2. The molecule has 6 rings (SSSR count). The van der Waals surface area contributed by atoms with E-state index >= 15 is 0 Å². The molecule has 0 aliphatic heterocycles. The molecule has 0 amide bonds. The first kappa shape index (κ1) is 41.2. The number of halogens is 6. The summed E-state index contributed by atoms with van der Waals surface area (Å²) in [4.78, 5) is 27.6. The Hall–Kier alpha value is -6.44. The molecule has 0 heterocycles. The molecule has 2 aliphatic rings. The lowest BCUT2D eigenvalue weighted by Crippen LogP contribution is -2.20. The minimum Gasteiger partial charge on any atom is -0.507 e. The van der Waals surface area contributed by atoms with Crippen molar-refractivity contribution in [2.45, 2.75) is 53.9 Å². The van der Waals surface area contributed by atoms with Crippen molar-refractivity contribution in [3.63, 3.8) is 0 Å². The number of phenolic OH excluding ortho intramolecular Hbond substituents is 2. The zero-order valence-electron chi connectivity index (χ0n) is 32.0. The fourth-order valence-electron chi connectivity index (χ4n) is 7.45. The van der Waals surface area contributed by atoms with Crippen LogP contribution in [0.15, 0.2) is 84.6 Å². The molecule has 14 heteroatoms. The van der Waals surface area contributed by atoms with E-state index in [1.54, 1.807) is 53.7 Å². The lowest BCUT2D eigenvalue weighted by Gasteiger charge is -2.29. The van der Waals surface area contributed by atoms with Crippen molar-refractivity contribution in [3.8, 4) is 22.6 Å². The molecule has 8 nitrogen and oxygen atoms in total. The van der Waals surface area contributed by atoms with Crippen LogP contribution in [-0.2, 0) is 21.9 Å². The molecule has 0 bridgehead atoms. The molecule has 0 saturated carbocycles. The second-order valence-electron chi connectivity index (χ2n) is 14.7. The van der Waals surface area contributed by atoms with Crippen LogP contribution in [0.2, 0.25) is 0 Å². The fraction of sp³-hybridized carbons (Fsp3) is 0.227. The predicted molar refractivity (Wildman–Crippen MR) is 210 cm³/mol. The minimum atomic E-state index is -4.58. The van der Waals surface area contributed by atoms with E-state index in [1.165, 1.54) is 0 Å². The number of carbonyl (C=O) groups excluding carboxylic acids is 2. The van der Waals surface area contributed by atoms with Gasteiger partial charge in [-0.3, -0.25) is 9.59 Å². The van der Waals surface area contributed by atoms with E-state index in [4.69, 9.17) is 0 Å². The summed E-state index contributed by atoms with van der Waals surface area (Å²) in [5.74, 6) is -4.82. The maximum atomic E-state index is 13.8. The van der Waals surface area contributed by atoms with Gasteiger partial charge in [0.1, 0.15) is 11.5 Å². The number of allylic oxidation sites excluding steroid dienone is 4. The van der Waals surface area contributed by atoms with E-state index in [0.717, 1.165) is 60.9 Å². The average molecular weight is 805 g/mol. The van der Waals surface area contributed by atoms with E-state index < -0.39 is 69.9 Å². The quantitative estimate of drug-likeness (QED) is 0.0802. The van der Waals surface area contributed by atoms with Crippen molar-refractivity contribution in [1.82, 2.24) is 0 Å². The van der Waals surface area contributed by atoms with Crippen molar-refractivity contribution in [1.29, 1.82) is 0 Å². The number of aryl methyl sites for hydroxylation is 2. The number of aromatic hydroxyl groups is 2. The maximum absolute atomic E-state index is 13.8. The van der Waals surface area contributed by atoms with Crippen LogP contribution in [0.1, 0.15) is 72.2 Å². The minimum absolute atomic E-state index is 0.0424. The summed E-state index contributed by atoms with van der Waals surface area (Å²) in [6.45, 7) is 10.2. The maximum Gasteiger partial charge on any atom is 0.416 e. The molecule has 0 fully saturated rings. The second kappa shape index (κ2) is 14.8. The Balaban J connectivity index is 1.57. The lowest BCUT2D eigenvalue weighted by molar-refractivity contribution is -0.138. The molecule has 4 aromatic rings. The molecule has 0 aromatic heterocycles. The zero-order chi connectivity index (χ0) is 42.8. The molecule has 4 aromatic carbocycles. The number of phenols is 2. The highest BCUT2D eigenvalue weighted by atomic mass is 19.4. The van der Waals surface area contributed by atoms with Gasteiger partial charge < -0.3 is 31.1 Å². The van der Waals surface area contributed by atoms with Crippen molar-refractivity contribution < 1.29 is 56.4 Å². The molecule has 0 saturated heterocycles. The van der Waals surface area contributed by atoms with Crippen LogP contribution in [0.3, 0.4) is 0 Å². The highest BCUT2D eigenvalue weighted by Gasteiger charge is 2.39. The van der Waals surface area contributed by atoms with Gasteiger partial charge >= 0.3 is 12.4 Å². The van der Waals surface area contributed by atoms with Crippen LogP contribution in [0.5, 0.6) is 11.5 Å². The smallest absolute Gasteiger partial charge is 0.416 e. The molecule has 58 heavy (non-hydrogen) atoms. The molecular formula is C44H38F6N2O6. The van der Waals surface area contributed by atoms with Crippen LogP contribution < -0.4 is 10.6 Å². The lowest BCUT2D eigenvalue weighted by atomic mass is 9.75. The molecule has 6 N–H and O–H groups in total. The molecule has 0 spiro atoms. The predicted octanol–water partition coefficient (Wildman–Crippen LogP) is 11.3. The molecule has 302 valence electrons. The van der Waals surface area contributed by atoms with E-state index in [-0.39, 0.29) is 67.0 Å². The fourth-order valence-corrected chi connectivity index (χ4v) is 7.45. The standard InChI is InChI=1S/C44H38F6N2O6/c1-19(2)31-27-15-21(5)33(39(55)35(27)29(37(53)41(31)57)17-51-25-11-7-23(8-12-25)43(45,46)47)34-22(6)16-28-32(20(3)4)42(58)38(54)30(36(28)40(34)56)18-52-26-13-9-24(10-14-26)44(48,49)50/h7-20,51-52,55-58H,1-6H3/b29-17-,30-18+. The van der Waals surface area contributed by atoms with Gasteiger partial charge in [0.25, 0.3) is 0 Å². The summed E-state index contributed by atoms with van der Waals surface area (Å²) >= 11 is 0. The van der Waals surface area contributed by atoms with Crippen LogP contribution in [0.4, 0.5) is 37.7 Å². The van der Waals surface area contributed by atoms with Gasteiger partial charge in [0.2, 0.25) is 11.6 Å². The molecular weight excluding hydrogens is 766 g/mol. The molecule has 0 atom stereocenters. The first-order valence-corrected chi connectivity index (χ1v) is 18.0. The van der Waals surface area contributed by atoms with Gasteiger partial charge in [-0.15, -0.1) is 0 Å². The Labute approximate surface area is 329 Å². The van der Waals surface area contributed by atoms with Gasteiger partial charge in [-0.25, -0.2) is 0 Å². The monoisotopic (exact) mass is 804 g/mol. The van der Waals surface area contributed by atoms with Crippen molar-refractivity contribution in [2.24, 2.45) is 11.8 Å². The van der Waals surface area contributed by atoms with Gasteiger partial charge in [-0.1, -0.05) is 39.8 Å². The zero-order valence-corrected chi connectivity index (χ0v) is 32.0. The number of Topliss-reactive ketones (excluding diaryl/α,β-unsaturated/α-hetero) is 2. The van der Waals surface area contributed by atoms with E-state index in [2.05, 4.69) is 10.6 Å². The Bertz CT molecular complexity index is 2330. The number of anilines is 2. The summed E-state index contributed by atoms with van der Waals surface area (Å²) in [6, 6.07) is 11.2. The van der Waals surface area contributed by atoms with Crippen molar-refractivity contribution in [3.05, 3.63) is 129 Å².